The highest BCUT2D eigenvalue weighted by atomic mass is 79.9. The molecule has 0 aliphatic carbocycles. The molecule has 0 atom stereocenters. The van der Waals surface area contributed by atoms with Gasteiger partial charge < -0.3 is 9.57 Å². The van der Waals surface area contributed by atoms with Gasteiger partial charge in [0.2, 0.25) is 0 Å². The molecule has 2 aromatic carbocycles. The molecule has 0 saturated heterocycles. The molecule has 3 rings (SSSR count). The second kappa shape index (κ2) is 7.32. The number of oxime groups is 1. The molecule has 24 heavy (non-hydrogen) atoms. The third kappa shape index (κ3) is 3.44. The Balaban J connectivity index is 2.01. The summed E-state index contributed by atoms with van der Waals surface area (Å²) < 4.78 is 7.18. The van der Waals surface area contributed by atoms with Gasteiger partial charge >= 0.3 is 5.97 Å². The van der Waals surface area contributed by atoms with Crippen molar-refractivity contribution in [1.29, 1.82) is 0 Å². The topological polar surface area (TPSA) is 47.9 Å². The number of halogens is 2. The predicted octanol–water partition coefficient (Wildman–Crippen LogP) is 4.95. The standard InChI is InChI=1S/C18H13Br2NO3/c1-2-23-17-14(19)9-11(10-15(17)20)8-13-16(21-24-18(13)22)12-6-4-3-5-7-12/h3-10H,2H2,1H3/b13-8-. The van der Waals surface area contributed by atoms with Crippen LogP contribution in [-0.4, -0.2) is 18.3 Å². The molecule has 0 radical (unpaired) electrons. The molecule has 0 spiro atoms. The van der Waals surface area contributed by atoms with Gasteiger partial charge in [0.25, 0.3) is 0 Å². The zero-order valence-electron chi connectivity index (χ0n) is 12.8. The van der Waals surface area contributed by atoms with E-state index in [-0.39, 0.29) is 0 Å². The number of benzene rings is 2. The van der Waals surface area contributed by atoms with Crippen LogP contribution in [0.25, 0.3) is 6.08 Å². The van der Waals surface area contributed by atoms with Crippen molar-refractivity contribution in [1.82, 2.24) is 0 Å². The quantitative estimate of drug-likeness (QED) is 0.488. The van der Waals surface area contributed by atoms with E-state index in [4.69, 9.17) is 9.57 Å². The Hall–Kier alpha value is -1.92. The lowest BCUT2D eigenvalue weighted by molar-refractivity contribution is -0.136. The van der Waals surface area contributed by atoms with Crippen LogP contribution in [0.3, 0.4) is 0 Å². The second-order valence-electron chi connectivity index (χ2n) is 4.99. The zero-order chi connectivity index (χ0) is 17.1. The molecule has 0 saturated carbocycles. The molecule has 1 aliphatic rings. The minimum atomic E-state index is -0.463. The Morgan fingerprint density at radius 1 is 1.17 bits per heavy atom. The second-order valence-corrected chi connectivity index (χ2v) is 6.70. The Bertz CT molecular complexity index is 822. The summed E-state index contributed by atoms with van der Waals surface area (Å²) in [5.74, 6) is 0.264. The first kappa shape index (κ1) is 16.9. The van der Waals surface area contributed by atoms with Gasteiger partial charge in [-0.2, -0.15) is 0 Å². The maximum Gasteiger partial charge on any atom is 0.368 e. The highest BCUT2D eigenvalue weighted by molar-refractivity contribution is 9.11. The van der Waals surface area contributed by atoms with Gasteiger partial charge in [-0.15, -0.1) is 0 Å². The van der Waals surface area contributed by atoms with E-state index in [2.05, 4.69) is 37.0 Å². The number of ether oxygens (including phenoxy) is 1. The van der Waals surface area contributed by atoms with Crippen LogP contribution in [0.1, 0.15) is 18.1 Å². The molecular formula is C18H13Br2NO3. The van der Waals surface area contributed by atoms with Gasteiger partial charge in [-0.05, 0) is 62.6 Å². The highest BCUT2D eigenvalue weighted by Crippen LogP contribution is 2.35. The summed E-state index contributed by atoms with van der Waals surface area (Å²) in [4.78, 5) is 16.9. The first-order valence-electron chi connectivity index (χ1n) is 7.29. The number of nitrogens with zero attached hydrogens (tertiary/aromatic N) is 1. The van der Waals surface area contributed by atoms with E-state index in [0.29, 0.717) is 17.9 Å². The van der Waals surface area contributed by atoms with Crippen LogP contribution < -0.4 is 4.74 Å². The molecule has 122 valence electrons. The number of carbonyl (C=O) groups is 1. The smallest absolute Gasteiger partial charge is 0.368 e. The largest absolute Gasteiger partial charge is 0.492 e. The van der Waals surface area contributed by atoms with E-state index in [1.54, 1.807) is 6.08 Å². The fraction of sp³-hybridized carbons (Fsp3) is 0.111. The molecule has 0 fully saturated rings. The highest BCUT2D eigenvalue weighted by Gasteiger charge is 2.26. The molecule has 6 heteroatoms. The molecule has 0 unspecified atom stereocenters. The van der Waals surface area contributed by atoms with Crippen molar-refractivity contribution in [2.24, 2.45) is 5.16 Å². The molecular weight excluding hydrogens is 438 g/mol. The average molecular weight is 451 g/mol. The van der Waals surface area contributed by atoms with E-state index in [1.807, 2.05) is 49.4 Å². The molecule has 0 bridgehead atoms. The van der Waals surface area contributed by atoms with Crippen molar-refractivity contribution in [3.8, 4) is 5.75 Å². The van der Waals surface area contributed by atoms with Crippen LogP contribution >= 0.6 is 31.9 Å². The van der Waals surface area contributed by atoms with Gasteiger partial charge in [-0.1, -0.05) is 35.5 Å². The summed E-state index contributed by atoms with van der Waals surface area (Å²) in [6.45, 7) is 2.49. The summed E-state index contributed by atoms with van der Waals surface area (Å²) in [5, 5.41) is 3.91. The van der Waals surface area contributed by atoms with Crippen molar-refractivity contribution < 1.29 is 14.4 Å². The predicted molar refractivity (Wildman–Crippen MR) is 100 cm³/mol. The van der Waals surface area contributed by atoms with Crippen LogP contribution in [0.15, 0.2) is 62.1 Å². The lowest BCUT2D eigenvalue weighted by Crippen LogP contribution is -2.06. The summed E-state index contributed by atoms with van der Waals surface area (Å²) in [7, 11) is 0. The van der Waals surface area contributed by atoms with Gasteiger partial charge in [-0.3, -0.25) is 0 Å². The molecule has 0 amide bonds. The van der Waals surface area contributed by atoms with Crippen molar-refractivity contribution >= 4 is 49.6 Å². The SMILES string of the molecule is CCOc1c(Br)cc(/C=C2\C(=O)ON=C2c2ccccc2)cc1Br. The van der Waals surface area contributed by atoms with E-state index < -0.39 is 5.97 Å². The summed E-state index contributed by atoms with van der Waals surface area (Å²) in [6, 6.07) is 13.2. The molecule has 0 N–H and O–H groups in total. The first-order chi connectivity index (χ1) is 11.6. The first-order valence-corrected chi connectivity index (χ1v) is 8.87. The number of hydrogen-bond acceptors (Lipinski definition) is 4. The van der Waals surface area contributed by atoms with Crippen LogP contribution in [0.4, 0.5) is 0 Å². The Kier molecular flexibility index (Phi) is 5.16. The summed E-state index contributed by atoms with van der Waals surface area (Å²) in [5.41, 5.74) is 2.61. The monoisotopic (exact) mass is 449 g/mol. The van der Waals surface area contributed by atoms with E-state index in [0.717, 1.165) is 25.8 Å². The van der Waals surface area contributed by atoms with E-state index in [9.17, 15) is 4.79 Å². The Morgan fingerprint density at radius 3 is 2.46 bits per heavy atom. The molecule has 2 aromatic rings. The molecule has 1 aliphatic heterocycles. The van der Waals surface area contributed by atoms with Crippen molar-refractivity contribution in [3.05, 3.63) is 68.1 Å². The zero-order valence-corrected chi connectivity index (χ0v) is 15.9. The van der Waals surface area contributed by atoms with E-state index in [1.165, 1.54) is 0 Å². The average Bonchev–Trinajstić information content (AvgIpc) is 2.93. The fourth-order valence-electron chi connectivity index (χ4n) is 2.33. The van der Waals surface area contributed by atoms with Crippen molar-refractivity contribution in [2.75, 3.05) is 6.61 Å². The maximum atomic E-state index is 12.0. The van der Waals surface area contributed by atoms with Crippen LogP contribution in [-0.2, 0) is 9.63 Å². The third-order valence-corrected chi connectivity index (χ3v) is 4.54. The molecule has 1 heterocycles. The molecule has 4 nitrogen and oxygen atoms in total. The number of hydrogen-bond donors (Lipinski definition) is 0. The lowest BCUT2D eigenvalue weighted by Gasteiger charge is -2.09. The van der Waals surface area contributed by atoms with Gasteiger partial charge in [0.1, 0.15) is 11.5 Å². The summed E-state index contributed by atoms with van der Waals surface area (Å²) in [6.07, 6.45) is 1.76. The maximum absolute atomic E-state index is 12.0. The van der Waals surface area contributed by atoms with Crippen LogP contribution in [0.2, 0.25) is 0 Å². The van der Waals surface area contributed by atoms with Crippen LogP contribution in [0, 0.1) is 0 Å². The normalized spacial score (nSPS) is 15.4. The van der Waals surface area contributed by atoms with Crippen molar-refractivity contribution in [2.45, 2.75) is 6.92 Å². The summed E-state index contributed by atoms with van der Waals surface area (Å²) >= 11 is 6.99. The van der Waals surface area contributed by atoms with Gasteiger partial charge in [0, 0.05) is 5.56 Å². The van der Waals surface area contributed by atoms with Gasteiger partial charge in [0.15, 0.2) is 0 Å². The number of rotatable bonds is 4. The fourth-order valence-corrected chi connectivity index (χ4v) is 3.78. The lowest BCUT2D eigenvalue weighted by atomic mass is 10.0. The Morgan fingerprint density at radius 2 is 1.83 bits per heavy atom. The van der Waals surface area contributed by atoms with Crippen LogP contribution in [0.5, 0.6) is 5.75 Å². The molecule has 0 aromatic heterocycles. The minimum Gasteiger partial charge on any atom is -0.492 e. The third-order valence-electron chi connectivity index (χ3n) is 3.36. The minimum absolute atomic E-state index is 0.421. The van der Waals surface area contributed by atoms with E-state index >= 15 is 0 Å². The van der Waals surface area contributed by atoms with Crippen molar-refractivity contribution in [3.63, 3.8) is 0 Å². The van der Waals surface area contributed by atoms with Gasteiger partial charge in [-0.25, -0.2) is 4.79 Å². The Labute approximate surface area is 156 Å². The number of carbonyl (C=O) groups excluding carboxylic acids is 1. The van der Waals surface area contributed by atoms with Gasteiger partial charge in [0.05, 0.1) is 21.1 Å².